The monoisotopic (exact) mass is 696 g/mol. The van der Waals surface area contributed by atoms with E-state index in [0.29, 0.717) is 22.4 Å². The second-order valence-corrected chi connectivity index (χ2v) is 14.6. The third kappa shape index (κ3) is 11.7. The SMILES string of the molecule is COC(=O)c1cnc(C(O)[C@H](CCCN=C(NC(=O)OC(C)(C)C)NS(=O)(=O)c2c(C)cc(OC)c(C)c2C)NC(=O)OC(C)(C)C)[nH]1. The number of hydrogen-bond donors (Lipinski definition) is 5. The number of nitrogens with one attached hydrogen (secondary N) is 4. The Hall–Kier alpha value is -4.38. The van der Waals surface area contributed by atoms with E-state index in [1.165, 1.54) is 20.4 Å². The minimum Gasteiger partial charge on any atom is -0.496 e. The molecule has 1 aromatic carbocycles. The van der Waals surface area contributed by atoms with Gasteiger partial charge in [0.05, 0.1) is 31.4 Å². The van der Waals surface area contributed by atoms with Crippen molar-refractivity contribution < 1.29 is 46.9 Å². The number of methoxy groups -OCH3 is 2. The summed E-state index contributed by atoms with van der Waals surface area (Å²) in [6.07, 6.45) is -1.73. The largest absolute Gasteiger partial charge is 0.496 e. The highest BCUT2D eigenvalue weighted by Gasteiger charge is 2.29. The van der Waals surface area contributed by atoms with Crippen molar-refractivity contribution >= 4 is 34.1 Å². The van der Waals surface area contributed by atoms with Gasteiger partial charge in [0.25, 0.3) is 10.0 Å². The van der Waals surface area contributed by atoms with Gasteiger partial charge in [0.15, 0.2) is 0 Å². The molecular weight excluding hydrogens is 648 g/mol. The van der Waals surface area contributed by atoms with Gasteiger partial charge < -0.3 is 34.4 Å². The van der Waals surface area contributed by atoms with Crippen molar-refractivity contribution in [1.82, 2.24) is 25.3 Å². The maximum absolute atomic E-state index is 13.6. The fourth-order valence-corrected chi connectivity index (χ4v) is 6.00. The van der Waals surface area contributed by atoms with E-state index in [2.05, 4.69) is 35.1 Å². The predicted octanol–water partition coefficient (Wildman–Crippen LogP) is 3.70. The van der Waals surface area contributed by atoms with Crippen LogP contribution in [0.1, 0.15) is 93.5 Å². The first-order valence-electron chi connectivity index (χ1n) is 15.1. The number of guanidine groups is 1. The predicted molar refractivity (Wildman–Crippen MR) is 176 cm³/mol. The van der Waals surface area contributed by atoms with Crippen LogP contribution in [-0.4, -0.2) is 85.6 Å². The number of sulfonamides is 1. The van der Waals surface area contributed by atoms with Crippen molar-refractivity contribution in [3.63, 3.8) is 0 Å². The van der Waals surface area contributed by atoms with Crippen molar-refractivity contribution in [3.05, 3.63) is 40.5 Å². The van der Waals surface area contributed by atoms with Crippen molar-refractivity contribution in [1.29, 1.82) is 0 Å². The van der Waals surface area contributed by atoms with E-state index in [-0.39, 0.29) is 35.8 Å². The van der Waals surface area contributed by atoms with Crippen molar-refractivity contribution in [2.24, 2.45) is 4.99 Å². The molecule has 17 heteroatoms. The molecule has 0 radical (unpaired) electrons. The normalized spacial score (nSPS) is 13.6. The molecule has 268 valence electrons. The van der Waals surface area contributed by atoms with E-state index in [4.69, 9.17) is 14.2 Å². The van der Waals surface area contributed by atoms with Gasteiger partial charge in [-0.1, -0.05) is 0 Å². The van der Waals surface area contributed by atoms with E-state index >= 15 is 0 Å². The molecule has 1 aromatic heterocycles. The molecule has 2 rings (SSSR count). The van der Waals surface area contributed by atoms with Crippen LogP contribution in [0.2, 0.25) is 0 Å². The van der Waals surface area contributed by atoms with E-state index in [1.807, 2.05) is 0 Å². The molecular formula is C31H48N6O10S. The molecule has 1 heterocycles. The zero-order chi connectivity index (χ0) is 36.6. The van der Waals surface area contributed by atoms with E-state index < -0.39 is 57.5 Å². The lowest BCUT2D eigenvalue weighted by Gasteiger charge is -2.26. The number of hydrogen-bond acceptors (Lipinski definition) is 12. The number of aliphatic imine (C=N–C) groups is 1. The molecule has 0 aliphatic rings. The van der Waals surface area contributed by atoms with Gasteiger partial charge in [-0.15, -0.1) is 0 Å². The number of amides is 2. The Labute approximate surface area is 281 Å². The molecule has 2 amide bonds. The number of aromatic nitrogens is 2. The average molecular weight is 697 g/mol. The third-order valence-electron chi connectivity index (χ3n) is 6.62. The molecule has 16 nitrogen and oxygen atoms in total. The lowest BCUT2D eigenvalue weighted by atomic mass is 10.0. The summed E-state index contributed by atoms with van der Waals surface area (Å²) in [6, 6.07) is 0.615. The minimum atomic E-state index is -4.27. The summed E-state index contributed by atoms with van der Waals surface area (Å²) in [5.41, 5.74) is -0.226. The molecule has 5 N–H and O–H groups in total. The minimum absolute atomic E-state index is 0.00478. The van der Waals surface area contributed by atoms with E-state index in [1.54, 1.807) is 68.4 Å². The first-order valence-corrected chi connectivity index (χ1v) is 16.6. The van der Waals surface area contributed by atoms with Gasteiger partial charge >= 0.3 is 18.2 Å². The molecule has 0 bridgehead atoms. The van der Waals surface area contributed by atoms with Crippen molar-refractivity contribution in [2.75, 3.05) is 20.8 Å². The zero-order valence-electron chi connectivity index (χ0n) is 29.4. The number of aliphatic hydroxyl groups is 1. The molecule has 2 atom stereocenters. The Morgan fingerprint density at radius 2 is 1.60 bits per heavy atom. The van der Waals surface area contributed by atoms with Gasteiger partial charge in [0, 0.05) is 6.54 Å². The Kier molecular flexibility index (Phi) is 13.4. The Balaban J connectivity index is 2.37. The highest BCUT2D eigenvalue weighted by Crippen LogP contribution is 2.30. The number of benzene rings is 1. The quantitative estimate of drug-likeness (QED) is 0.0750. The standard InChI is InChI=1S/C31H48N6O10S/c1-17-15-22(44-10)18(2)19(3)24(17)48(42,43)37-27(36-29(41)47-31(7,8)9)32-14-12-13-20(35-28(40)46-30(4,5)6)23(38)25-33-16-21(34-25)26(39)45-11/h15-16,20,23,38H,12-14H2,1-11H3,(H,33,34)(H,35,40)(H2,32,36,37,41)/t20-,23?/m0/s1. The van der Waals surface area contributed by atoms with Gasteiger partial charge in [-0.05, 0) is 97.9 Å². The third-order valence-corrected chi connectivity index (χ3v) is 8.25. The molecule has 0 saturated carbocycles. The molecule has 1 unspecified atom stereocenters. The second-order valence-electron chi connectivity index (χ2n) is 13.0. The fraction of sp³-hybridized carbons (Fsp3) is 0.581. The van der Waals surface area contributed by atoms with Gasteiger partial charge in [0.2, 0.25) is 5.96 Å². The van der Waals surface area contributed by atoms with E-state index in [9.17, 15) is 27.9 Å². The topological polar surface area (TPSA) is 220 Å². The number of nitrogens with zero attached hydrogens (tertiary/aromatic N) is 2. The van der Waals surface area contributed by atoms with Gasteiger partial charge in [-0.25, -0.2) is 32.5 Å². The van der Waals surface area contributed by atoms with Crippen molar-refractivity contribution in [2.45, 2.75) is 103 Å². The number of H-pyrrole nitrogens is 1. The maximum atomic E-state index is 13.6. The van der Waals surface area contributed by atoms with Crippen LogP contribution in [-0.2, 0) is 24.2 Å². The fourth-order valence-electron chi connectivity index (χ4n) is 4.48. The number of aromatic amines is 1. The van der Waals surface area contributed by atoms with Crippen LogP contribution >= 0.6 is 0 Å². The second kappa shape index (κ2) is 16.1. The number of alkyl carbamates (subject to hydrolysis) is 2. The number of ether oxygens (including phenoxy) is 4. The number of esters is 1. The lowest BCUT2D eigenvalue weighted by Crippen LogP contribution is -2.46. The molecule has 0 aliphatic carbocycles. The van der Waals surface area contributed by atoms with Crippen LogP contribution in [0.15, 0.2) is 22.2 Å². The number of aryl methyl sites for hydroxylation is 1. The van der Waals surface area contributed by atoms with Crippen LogP contribution in [0.3, 0.4) is 0 Å². The van der Waals surface area contributed by atoms with Gasteiger partial charge in [0.1, 0.15) is 34.6 Å². The van der Waals surface area contributed by atoms with Gasteiger partial charge in [-0.3, -0.25) is 10.3 Å². The summed E-state index contributed by atoms with van der Waals surface area (Å²) < 4.78 is 50.3. The summed E-state index contributed by atoms with van der Waals surface area (Å²) >= 11 is 0. The van der Waals surface area contributed by atoms with Gasteiger partial charge in [-0.2, -0.15) is 0 Å². The maximum Gasteiger partial charge on any atom is 0.414 e. The van der Waals surface area contributed by atoms with Crippen LogP contribution in [0, 0.1) is 20.8 Å². The Morgan fingerprint density at radius 3 is 2.17 bits per heavy atom. The number of carbonyl (C=O) groups is 3. The number of imidazole rings is 1. The molecule has 0 spiro atoms. The summed E-state index contributed by atoms with van der Waals surface area (Å²) in [6.45, 7) is 14.9. The number of rotatable bonds is 11. The van der Waals surface area contributed by atoms with Crippen LogP contribution in [0.25, 0.3) is 0 Å². The highest BCUT2D eigenvalue weighted by atomic mass is 32.2. The number of carbonyl (C=O) groups excluding carboxylic acids is 3. The first kappa shape index (κ1) is 39.8. The zero-order valence-corrected chi connectivity index (χ0v) is 30.2. The first-order chi connectivity index (χ1) is 22.1. The van der Waals surface area contributed by atoms with E-state index in [0.717, 1.165) is 0 Å². The summed E-state index contributed by atoms with van der Waals surface area (Å²) in [5, 5.41) is 16.1. The summed E-state index contributed by atoms with van der Waals surface area (Å²) in [4.78, 5) is 48.1. The highest BCUT2D eigenvalue weighted by molar-refractivity contribution is 7.90. The molecule has 2 aromatic rings. The Bertz CT molecular complexity index is 1610. The van der Waals surface area contributed by atoms with Crippen LogP contribution in [0.5, 0.6) is 5.75 Å². The molecule has 0 aliphatic heterocycles. The lowest BCUT2D eigenvalue weighted by molar-refractivity contribution is 0.0401. The summed E-state index contributed by atoms with van der Waals surface area (Å²) in [7, 11) is -1.59. The van der Waals surface area contributed by atoms with Crippen LogP contribution < -0.4 is 20.1 Å². The molecule has 48 heavy (non-hydrogen) atoms. The van der Waals surface area contributed by atoms with Crippen LogP contribution in [0.4, 0.5) is 9.59 Å². The summed E-state index contributed by atoms with van der Waals surface area (Å²) in [5.74, 6) is -0.588. The molecule has 0 saturated heterocycles. The molecule has 0 fully saturated rings. The average Bonchev–Trinajstić information content (AvgIpc) is 3.43. The number of aliphatic hydroxyl groups excluding tert-OH is 1. The Morgan fingerprint density at radius 1 is 1.00 bits per heavy atom. The smallest absolute Gasteiger partial charge is 0.414 e. The van der Waals surface area contributed by atoms with Crippen molar-refractivity contribution in [3.8, 4) is 5.75 Å².